The maximum Gasteiger partial charge on any atom is 0.358 e. The maximum atomic E-state index is 11.0. The Kier molecular flexibility index (Phi) is 3.30. The summed E-state index contributed by atoms with van der Waals surface area (Å²) in [6, 6.07) is 5.47. The van der Waals surface area contributed by atoms with Gasteiger partial charge < -0.3 is 10.2 Å². The van der Waals surface area contributed by atoms with Crippen molar-refractivity contribution in [2.24, 2.45) is 0 Å². The van der Waals surface area contributed by atoms with E-state index in [1.54, 1.807) is 30.2 Å². The number of carboxylic acid groups (broad SMARTS) is 1. The molecule has 0 atom stereocenters. The molecule has 7 heteroatoms. The molecule has 0 aliphatic heterocycles. The van der Waals surface area contributed by atoms with Crippen molar-refractivity contribution in [3.8, 4) is 22.7 Å². The third kappa shape index (κ3) is 2.28. The summed E-state index contributed by atoms with van der Waals surface area (Å²) in [5.74, 6) is -0.947. The van der Waals surface area contributed by atoms with Crippen molar-refractivity contribution in [1.29, 1.82) is 0 Å². The van der Waals surface area contributed by atoms with Gasteiger partial charge in [-0.05, 0) is 19.1 Å². The van der Waals surface area contributed by atoms with Gasteiger partial charge in [-0.2, -0.15) is 5.10 Å². The predicted molar refractivity (Wildman–Crippen MR) is 78.0 cm³/mol. The summed E-state index contributed by atoms with van der Waals surface area (Å²) in [6.45, 7) is 1.64. The van der Waals surface area contributed by atoms with Crippen LogP contribution in [0.4, 0.5) is 0 Å². The molecule has 3 heterocycles. The van der Waals surface area contributed by atoms with Gasteiger partial charge in [-0.3, -0.25) is 0 Å². The second kappa shape index (κ2) is 5.28. The number of carbonyl (C=O) groups is 1. The summed E-state index contributed by atoms with van der Waals surface area (Å²) in [5, 5.41) is 23.1. The number of hydrogen-bond acceptors (Lipinski definition) is 5. The lowest BCUT2D eigenvalue weighted by Crippen LogP contribution is -2.02. The number of aromatic carboxylic acids is 1. The zero-order valence-corrected chi connectivity index (χ0v) is 11.6. The van der Waals surface area contributed by atoms with Gasteiger partial charge in [0.25, 0.3) is 0 Å². The fourth-order valence-corrected chi connectivity index (χ4v) is 2.12. The highest BCUT2D eigenvalue weighted by atomic mass is 16.4. The summed E-state index contributed by atoms with van der Waals surface area (Å²) in [4.78, 5) is 18.9. The monoisotopic (exact) mass is 296 g/mol. The van der Waals surface area contributed by atoms with Crippen LogP contribution in [0.25, 0.3) is 16.9 Å². The number of aromatic hydroxyl groups is 1. The smallest absolute Gasteiger partial charge is 0.358 e. The summed E-state index contributed by atoms with van der Waals surface area (Å²) < 4.78 is 1.59. The third-order valence-corrected chi connectivity index (χ3v) is 3.29. The highest BCUT2D eigenvalue weighted by molar-refractivity contribution is 5.90. The van der Waals surface area contributed by atoms with Gasteiger partial charge in [0.05, 0.1) is 6.20 Å². The Bertz CT molecular complexity index is 843. The topological polar surface area (TPSA) is 101 Å². The molecule has 110 valence electrons. The van der Waals surface area contributed by atoms with E-state index < -0.39 is 5.97 Å². The molecule has 22 heavy (non-hydrogen) atoms. The molecule has 0 amide bonds. The molecule has 0 unspecified atom stereocenters. The fraction of sp³-hybridized carbons (Fsp3) is 0.0667. The molecule has 3 aromatic rings. The van der Waals surface area contributed by atoms with Crippen LogP contribution in [-0.4, -0.2) is 35.9 Å². The number of nitrogens with zero attached hydrogens (tertiary/aromatic N) is 4. The van der Waals surface area contributed by atoms with E-state index in [0.29, 0.717) is 22.5 Å². The Morgan fingerprint density at radius 3 is 2.73 bits per heavy atom. The van der Waals surface area contributed by atoms with Crippen LogP contribution in [0.15, 0.2) is 43.0 Å². The Hall–Kier alpha value is -3.22. The number of aromatic nitrogens is 4. The van der Waals surface area contributed by atoms with Crippen molar-refractivity contribution in [2.45, 2.75) is 6.92 Å². The minimum Gasteiger partial charge on any atom is -0.505 e. The second-order valence-corrected chi connectivity index (χ2v) is 4.66. The van der Waals surface area contributed by atoms with Crippen molar-refractivity contribution in [2.75, 3.05) is 0 Å². The van der Waals surface area contributed by atoms with E-state index in [4.69, 9.17) is 5.11 Å². The van der Waals surface area contributed by atoms with Gasteiger partial charge >= 0.3 is 5.97 Å². The van der Waals surface area contributed by atoms with Crippen molar-refractivity contribution < 1.29 is 15.0 Å². The first-order valence-corrected chi connectivity index (χ1v) is 6.46. The van der Waals surface area contributed by atoms with Gasteiger partial charge in [-0.15, -0.1) is 0 Å². The molecule has 7 nitrogen and oxygen atoms in total. The molecule has 0 saturated carbocycles. The molecule has 0 bridgehead atoms. The van der Waals surface area contributed by atoms with Crippen LogP contribution in [0, 0.1) is 6.92 Å². The molecule has 0 saturated heterocycles. The lowest BCUT2D eigenvalue weighted by molar-refractivity contribution is 0.0687. The van der Waals surface area contributed by atoms with E-state index in [0.717, 1.165) is 0 Å². The normalized spacial score (nSPS) is 10.6. The second-order valence-electron chi connectivity index (χ2n) is 4.66. The molecule has 0 aliphatic rings. The molecular weight excluding hydrogens is 284 g/mol. The van der Waals surface area contributed by atoms with Crippen molar-refractivity contribution in [3.63, 3.8) is 0 Å². The van der Waals surface area contributed by atoms with E-state index in [2.05, 4.69) is 15.1 Å². The molecule has 2 N–H and O–H groups in total. The number of rotatable bonds is 3. The lowest BCUT2D eigenvalue weighted by atomic mass is 10.0. The van der Waals surface area contributed by atoms with Crippen molar-refractivity contribution in [1.82, 2.24) is 19.7 Å². The maximum absolute atomic E-state index is 11.0. The van der Waals surface area contributed by atoms with Crippen LogP contribution in [0.1, 0.15) is 16.1 Å². The number of carboxylic acids is 1. The van der Waals surface area contributed by atoms with E-state index in [-0.39, 0.29) is 11.4 Å². The standard InChI is InChI=1S/C15H12N4O3/c1-9-11(7-17-13(14(9)20)15(21)22)10-6-18-19(8-10)12-4-2-3-5-16-12/h2-8,20H,1H3,(H,21,22). The molecular formula is C15H12N4O3. The average Bonchev–Trinajstić information content (AvgIpc) is 3.00. The first-order chi connectivity index (χ1) is 10.6. The summed E-state index contributed by atoms with van der Waals surface area (Å²) >= 11 is 0. The summed E-state index contributed by atoms with van der Waals surface area (Å²) in [6.07, 6.45) is 6.43. The number of pyridine rings is 2. The first-order valence-electron chi connectivity index (χ1n) is 6.46. The highest BCUT2D eigenvalue weighted by Gasteiger charge is 2.17. The van der Waals surface area contributed by atoms with Crippen molar-refractivity contribution >= 4 is 5.97 Å². The Morgan fingerprint density at radius 1 is 1.23 bits per heavy atom. The fourth-order valence-electron chi connectivity index (χ4n) is 2.12. The van der Waals surface area contributed by atoms with E-state index in [1.807, 2.05) is 18.2 Å². The largest absolute Gasteiger partial charge is 0.505 e. The van der Waals surface area contributed by atoms with Gasteiger partial charge in [0, 0.05) is 35.3 Å². The molecule has 0 spiro atoms. The Labute approximate surface area is 125 Å². The first kappa shape index (κ1) is 13.7. The minimum atomic E-state index is -1.27. The van der Waals surface area contributed by atoms with Crippen LogP contribution in [0.5, 0.6) is 5.75 Å². The lowest BCUT2D eigenvalue weighted by Gasteiger charge is -2.07. The minimum absolute atomic E-state index is 0.337. The summed E-state index contributed by atoms with van der Waals surface area (Å²) in [7, 11) is 0. The molecule has 0 aliphatic carbocycles. The van der Waals surface area contributed by atoms with Gasteiger partial charge in [-0.25, -0.2) is 19.4 Å². The molecule has 3 rings (SSSR count). The van der Waals surface area contributed by atoms with E-state index in [9.17, 15) is 9.90 Å². The van der Waals surface area contributed by atoms with Gasteiger partial charge in [0.2, 0.25) is 0 Å². The third-order valence-electron chi connectivity index (χ3n) is 3.29. The summed E-state index contributed by atoms with van der Waals surface area (Å²) in [5.41, 5.74) is 1.40. The highest BCUT2D eigenvalue weighted by Crippen LogP contribution is 2.30. The van der Waals surface area contributed by atoms with Crippen LogP contribution in [-0.2, 0) is 0 Å². The van der Waals surface area contributed by atoms with E-state index >= 15 is 0 Å². The predicted octanol–water partition coefficient (Wildman–Crippen LogP) is 2.04. The zero-order valence-electron chi connectivity index (χ0n) is 11.6. The van der Waals surface area contributed by atoms with Crippen LogP contribution in [0.3, 0.4) is 0 Å². The Morgan fingerprint density at radius 2 is 2.05 bits per heavy atom. The van der Waals surface area contributed by atoms with Gasteiger partial charge in [0.15, 0.2) is 17.3 Å². The van der Waals surface area contributed by atoms with Gasteiger partial charge in [0.1, 0.15) is 0 Å². The van der Waals surface area contributed by atoms with Crippen molar-refractivity contribution in [3.05, 3.63) is 54.2 Å². The molecule has 3 aromatic heterocycles. The van der Waals surface area contributed by atoms with Crippen LogP contribution >= 0.6 is 0 Å². The number of hydrogen-bond donors (Lipinski definition) is 2. The zero-order chi connectivity index (χ0) is 15.7. The van der Waals surface area contributed by atoms with Crippen LogP contribution in [0.2, 0.25) is 0 Å². The van der Waals surface area contributed by atoms with E-state index in [1.165, 1.54) is 6.20 Å². The average molecular weight is 296 g/mol. The van der Waals surface area contributed by atoms with Crippen LogP contribution < -0.4 is 0 Å². The Balaban J connectivity index is 2.04. The molecule has 0 radical (unpaired) electrons. The molecule has 0 aromatic carbocycles. The molecule has 0 fully saturated rings. The quantitative estimate of drug-likeness (QED) is 0.767. The SMILES string of the molecule is Cc1c(-c2cnn(-c3ccccn3)c2)cnc(C(=O)O)c1O. The van der Waals surface area contributed by atoms with Gasteiger partial charge in [-0.1, -0.05) is 6.07 Å².